The lowest BCUT2D eigenvalue weighted by molar-refractivity contribution is -0.121. The zero-order valence-electron chi connectivity index (χ0n) is 10.8. The van der Waals surface area contributed by atoms with E-state index < -0.39 is 0 Å². The highest BCUT2D eigenvalue weighted by molar-refractivity contribution is 5.93. The van der Waals surface area contributed by atoms with Crippen LogP contribution in [0.25, 0.3) is 0 Å². The molecule has 1 aromatic rings. The number of carbonyl (C=O) groups excluding carboxylic acids is 1. The normalized spacial score (nSPS) is 9.58. The van der Waals surface area contributed by atoms with Gasteiger partial charge in [0.05, 0.1) is 18.9 Å². The zero-order chi connectivity index (χ0) is 13.9. The number of aliphatic hydroxyl groups is 1. The van der Waals surface area contributed by atoms with E-state index in [-0.39, 0.29) is 19.1 Å². The number of amides is 1. The molecule has 0 heterocycles. The van der Waals surface area contributed by atoms with Gasteiger partial charge in [-0.25, -0.2) is 0 Å². The van der Waals surface area contributed by atoms with Crippen LogP contribution in [-0.2, 0) is 14.3 Å². The van der Waals surface area contributed by atoms with Gasteiger partial charge in [-0.05, 0) is 12.1 Å². The van der Waals surface area contributed by atoms with Crippen LogP contribution in [0.1, 0.15) is 5.56 Å². The monoisotopic (exact) mass is 263 g/mol. The van der Waals surface area contributed by atoms with Crippen LogP contribution in [0.2, 0.25) is 0 Å². The molecule has 0 saturated heterocycles. The number of anilines is 1. The molecule has 5 heteroatoms. The Morgan fingerprint density at radius 2 is 2.16 bits per heavy atom. The summed E-state index contributed by atoms with van der Waals surface area (Å²) in [6, 6.07) is 7.12. The number of carbonyl (C=O) groups is 1. The fourth-order valence-corrected chi connectivity index (χ4v) is 1.33. The largest absolute Gasteiger partial charge is 0.384 e. The SMILES string of the molecule is COCCOCC(=O)Nc1ccccc1C#CCO. The van der Waals surface area contributed by atoms with Crippen LogP contribution in [0.5, 0.6) is 0 Å². The highest BCUT2D eigenvalue weighted by Crippen LogP contribution is 2.13. The first-order valence-electron chi connectivity index (χ1n) is 5.83. The minimum Gasteiger partial charge on any atom is -0.384 e. The fraction of sp³-hybridized carbons (Fsp3) is 0.357. The molecule has 1 rings (SSSR count). The predicted octanol–water partition coefficient (Wildman–Crippen LogP) is 0.632. The Balaban J connectivity index is 2.54. The van der Waals surface area contributed by atoms with Crippen molar-refractivity contribution in [3.05, 3.63) is 29.8 Å². The second kappa shape index (κ2) is 9.11. The Labute approximate surface area is 112 Å². The number of rotatable bonds is 6. The van der Waals surface area contributed by atoms with E-state index in [2.05, 4.69) is 17.2 Å². The molecule has 0 saturated carbocycles. The summed E-state index contributed by atoms with van der Waals surface area (Å²) in [5, 5.41) is 11.4. The maximum absolute atomic E-state index is 11.6. The molecule has 0 bridgehead atoms. The molecule has 0 aliphatic carbocycles. The number of hydrogen-bond donors (Lipinski definition) is 2. The third kappa shape index (κ3) is 6.02. The molecule has 0 aliphatic heterocycles. The van der Waals surface area contributed by atoms with E-state index in [1.807, 2.05) is 6.07 Å². The first kappa shape index (κ1) is 15.2. The minimum absolute atomic E-state index is 0.0366. The van der Waals surface area contributed by atoms with Gasteiger partial charge in [-0.2, -0.15) is 0 Å². The average molecular weight is 263 g/mol. The topological polar surface area (TPSA) is 67.8 Å². The quantitative estimate of drug-likeness (QED) is 0.583. The van der Waals surface area contributed by atoms with Gasteiger partial charge in [-0.3, -0.25) is 4.79 Å². The van der Waals surface area contributed by atoms with Crippen molar-refractivity contribution in [1.82, 2.24) is 0 Å². The summed E-state index contributed by atoms with van der Waals surface area (Å²) in [5.41, 5.74) is 1.26. The predicted molar refractivity (Wildman–Crippen MR) is 71.7 cm³/mol. The number of nitrogens with one attached hydrogen (secondary N) is 1. The molecule has 0 aromatic heterocycles. The molecule has 0 atom stereocenters. The van der Waals surface area contributed by atoms with Crippen LogP contribution in [0, 0.1) is 11.8 Å². The molecule has 19 heavy (non-hydrogen) atoms. The third-order valence-corrected chi connectivity index (χ3v) is 2.17. The number of aliphatic hydroxyl groups excluding tert-OH is 1. The number of hydrogen-bond acceptors (Lipinski definition) is 4. The van der Waals surface area contributed by atoms with E-state index in [4.69, 9.17) is 14.6 Å². The Morgan fingerprint density at radius 3 is 2.89 bits per heavy atom. The number of ether oxygens (including phenoxy) is 2. The summed E-state index contributed by atoms with van der Waals surface area (Å²) >= 11 is 0. The van der Waals surface area contributed by atoms with Gasteiger partial charge in [0.25, 0.3) is 0 Å². The van der Waals surface area contributed by atoms with E-state index in [1.165, 1.54) is 0 Å². The standard InChI is InChI=1S/C14H17NO4/c1-18-9-10-19-11-14(17)15-13-7-3-2-5-12(13)6-4-8-16/h2-3,5,7,16H,8-11H2,1H3,(H,15,17). The maximum Gasteiger partial charge on any atom is 0.250 e. The zero-order valence-corrected chi connectivity index (χ0v) is 10.8. The van der Waals surface area contributed by atoms with Gasteiger partial charge in [0.2, 0.25) is 5.91 Å². The van der Waals surface area contributed by atoms with Gasteiger partial charge in [0, 0.05) is 12.7 Å². The first-order chi connectivity index (χ1) is 9.27. The number of para-hydroxylation sites is 1. The third-order valence-electron chi connectivity index (χ3n) is 2.17. The molecule has 1 aromatic carbocycles. The van der Waals surface area contributed by atoms with Crippen LogP contribution in [0.3, 0.4) is 0 Å². The first-order valence-corrected chi connectivity index (χ1v) is 5.83. The van der Waals surface area contributed by atoms with E-state index in [1.54, 1.807) is 25.3 Å². The van der Waals surface area contributed by atoms with Crippen LogP contribution in [-0.4, -0.2) is 44.6 Å². The van der Waals surface area contributed by atoms with Gasteiger partial charge < -0.3 is 19.9 Å². The molecule has 0 radical (unpaired) electrons. The summed E-state index contributed by atoms with van der Waals surface area (Å²) in [7, 11) is 1.57. The highest BCUT2D eigenvalue weighted by Gasteiger charge is 2.05. The van der Waals surface area contributed by atoms with E-state index in [0.717, 1.165) is 0 Å². The smallest absolute Gasteiger partial charge is 0.250 e. The van der Waals surface area contributed by atoms with Crippen molar-refractivity contribution in [3.63, 3.8) is 0 Å². The highest BCUT2D eigenvalue weighted by atomic mass is 16.5. The fourth-order valence-electron chi connectivity index (χ4n) is 1.33. The van der Waals surface area contributed by atoms with Crippen LogP contribution in [0.4, 0.5) is 5.69 Å². The minimum atomic E-state index is -0.255. The van der Waals surface area contributed by atoms with Crippen molar-refractivity contribution >= 4 is 11.6 Å². The van der Waals surface area contributed by atoms with Crippen LogP contribution >= 0.6 is 0 Å². The Hall–Kier alpha value is -1.87. The Bertz CT molecular complexity index is 462. The van der Waals surface area contributed by atoms with Crippen molar-refractivity contribution in [2.75, 3.05) is 38.9 Å². The van der Waals surface area contributed by atoms with Crippen molar-refractivity contribution in [2.45, 2.75) is 0 Å². The van der Waals surface area contributed by atoms with Crippen molar-refractivity contribution in [1.29, 1.82) is 0 Å². The van der Waals surface area contributed by atoms with Gasteiger partial charge in [0.1, 0.15) is 13.2 Å². The summed E-state index contributed by atoms with van der Waals surface area (Å²) in [6.07, 6.45) is 0. The van der Waals surface area contributed by atoms with Crippen LogP contribution < -0.4 is 5.32 Å². The van der Waals surface area contributed by atoms with E-state index in [0.29, 0.717) is 24.5 Å². The summed E-state index contributed by atoms with van der Waals surface area (Å²) < 4.78 is 9.92. The molecule has 1 amide bonds. The Morgan fingerprint density at radius 1 is 1.37 bits per heavy atom. The number of methoxy groups -OCH3 is 1. The lowest BCUT2D eigenvalue weighted by Gasteiger charge is -2.07. The molecule has 102 valence electrons. The summed E-state index contributed by atoms with van der Waals surface area (Å²) in [5.74, 6) is 5.06. The van der Waals surface area contributed by atoms with Crippen molar-refractivity contribution in [3.8, 4) is 11.8 Å². The van der Waals surface area contributed by atoms with E-state index >= 15 is 0 Å². The summed E-state index contributed by atoms with van der Waals surface area (Å²) in [4.78, 5) is 11.6. The van der Waals surface area contributed by atoms with Gasteiger partial charge in [-0.15, -0.1) is 0 Å². The second-order valence-electron chi connectivity index (χ2n) is 3.60. The van der Waals surface area contributed by atoms with Crippen molar-refractivity contribution in [2.24, 2.45) is 0 Å². The maximum atomic E-state index is 11.6. The lowest BCUT2D eigenvalue weighted by atomic mass is 10.2. The molecule has 5 nitrogen and oxygen atoms in total. The van der Waals surface area contributed by atoms with Gasteiger partial charge in [0.15, 0.2) is 0 Å². The molecule has 2 N–H and O–H groups in total. The molecule has 0 spiro atoms. The lowest BCUT2D eigenvalue weighted by Crippen LogP contribution is -2.20. The molecule has 0 fully saturated rings. The molecular weight excluding hydrogens is 246 g/mol. The van der Waals surface area contributed by atoms with Gasteiger partial charge in [-0.1, -0.05) is 24.0 Å². The van der Waals surface area contributed by atoms with Crippen molar-refractivity contribution < 1.29 is 19.4 Å². The second-order valence-corrected chi connectivity index (χ2v) is 3.60. The van der Waals surface area contributed by atoms with Crippen LogP contribution in [0.15, 0.2) is 24.3 Å². The molecule has 0 unspecified atom stereocenters. The van der Waals surface area contributed by atoms with Gasteiger partial charge >= 0.3 is 0 Å². The average Bonchev–Trinajstić information content (AvgIpc) is 2.43. The summed E-state index contributed by atoms with van der Waals surface area (Å²) in [6.45, 7) is 0.565. The van der Waals surface area contributed by atoms with E-state index in [9.17, 15) is 4.79 Å². The Kier molecular flexibility index (Phi) is 7.28. The molecular formula is C14H17NO4. The molecule has 0 aliphatic rings. The number of benzene rings is 1.